The fourth-order valence-electron chi connectivity index (χ4n) is 7.09. The summed E-state index contributed by atoms with van der Waals surface area (Å²) in [5, 5.41) is 28.6. The normalized spacial score (nSPS) is 26.0. The van der Waals surface area contributed by atoms with Gasteiger partial charge >= 0.3 is 5.97 Å². The smallest absolute Gasteiger partial charge is 0.305 e. The third kappa shape index (κ3) is 13.6. The summed E-state index contributed by atoms with van der Waals surface area (Å²) in [6.07, 6.45) is 1.35. The molecule has 0 radical (unpaired) electrons. The van der Waals surface area contributed by atoms with Crippen molar-refractivity contribution in [1.82, 2.24) is 47.1 Å². The van der Waals surface area contributed by atoms with Crippen molar-refractivity contribution in [2.45, 2.75) is 81.9 Å². The number of carbonyl (C=O) groups is 9. The molecule has 0 saturated carbocycles. The van der Waals surface area contributed by atoms with Gasteiger partial charge in [-0.2, -0.15) is 0 Å². The number of H-pyrrole nitrogens is 1. The lowest BCUT2D eigenvalue weighted by Crippen LogP contribution is -2.58. The van der Waals surface area contributed by atoms with Gasteiger partial charge in [0.25, 0.3) is 0 Å². The third-order valence-electron chi connectivity index (χ3n) is 10.4. The number of hydrogen-bond donors (Lipinski definition) is 10. The second-order valence-corrected chi connectivity index (χ2v) is 17.5. The molecule has 61 heavy (non-hydrogen) atoms. The number of carbonyl (C=O) groups excluding carboxylic acids is 8. The van der Waals surface area contributed by atoms with E-state index in [4.69, 9.17) is 10.5 Å². The minimum atomic E-state index is -1.70. The molecule has 1 aromatic heterocycles. The number of aromatic amines is 1. The summed E-state index contributed by atoms with van der Waals surface area (Å²) in [6, 6.07) is 0.900. The number of para-hydroxylation sites is 1. The van der Waals surface area contributed by atoms with Crippen LogP contribution in [0, 0.1) is 5.92 Å². The highest BCUT2D eigenvalue weighted by atomic mass is 33.1. The van der Waals surface area contributed by atoms with E-state index in [1.807, 2.05) is 24.3 Å². The van der Waals surface area contributed by atoms with Crippen LogP contribution in [0.1, 0.15) is 44.6 Å². The number of benzene rings is 1. The maximum atomic E-state index is 14.0. The number of amides is 8. The van der Waals surface area contributed by atoms with E-state index in [0.29, 0.717) is 25.9 Å². The number of fused-ring (bicyclic) bond motifs is 2. The van der Waals surface area contributed by atoms with E-state index in [9.17, 15) is 48.3 Å². The molecule has 8 amide bonds. The molecule has 3 aliphatic rings. The average Bonchev–Trinajstić information content (AvgIpc) is 3.86. The first kappa shape index (κ1) is 46.7. The Balaban J connectivity index is 1.32. The molecule has 3 fully saturated rings. The van der Waals surface area contributed by atoms with Crippen molar-refractivity contribution in [3.63, 3.8) is 0 Å². The van der Waals surface area contributed by atoms with Crippen molar-refractivity contribution in [2.75, 3.05) is 44.2 Å². The van der Waals surface area contributed by atoms with Crippen molar-refractivity contribution in [2.24, 2.45) is 11.7 Å². The summed E-state index contributed by atoms with van der Waals surface area (Å²) in [5.41, 5.74) is 7.40. The van der Waals surface area contributed by atoms with Crippen LogP contribution in [0.25, 0.3) is 10.9 Å². The van der Waals surface area contributed by atoms with Crippen LogP contribution in [0.4, 0.5) is 0 Å². The highest BCUT2D eigenvalue weighted by molar-refractivity contribution is 8.76. The van der Waals surface area contributed by atoms with Gasteiger partial charge < -0.3 is 62.7 Å². The number of primary amides is 1. The first-order valence-corrected chi connectivity index (χ1v) is 22.4. The lowest BCUT2D eigenvalue weighted by atomic mass is 9.97. The van der Waals surface area contributed by atoms with E-state index in [-0.39, 0.29) is 55.9 Å². The Bertz CT molecular complexity index is 1960. The fourth-order valence-corrected chi connectivity index (χ4v) is 9.26. The van der Waals surface area contributed by atoms with Gasteiger partial charge in [0.15, 0.2) is 0 Å². The van der Waals surface area contributed by atoms with Gasteiger partial charge in [-0.3, -0.25) is 43.2 Å². The zero-order valence-electron chi connectivity index (χ0n) is 33.5. The second kappa shape index (κ2) is 22.5. The molecule has 0 bridgehead atoms. The van der Waals surface area contributed by atoms with E-state index >= 15 is 0 Å². The molecule has 21 nitrogen and oxygen atoms in total. The van der Waals surface area contributed by atoms with E-state index in [1.54, 1.807) is 6.20 Å². The van der Waals surface area contributed by atoms with Gasteiger partial charge in [-0.25, -0.2) is 0 Å². The number of rotatable bonds is 9. The Morgan fingerprint density at radius 3 is 2.41 bits per heavy atom. The maximum absolute atomic E-state index is 14.0. The lowest BCUT2D eigenvalue weighted by molar-refractivity contribution is -0.143. The van der Waals surface area contributed by atoms with Crippen LogP contribution in [-0.2, 0) is 54.5 Å². The molecule has 4 heterocycles. The van der Waals surface area contributed by atoms with E-state index in [0.717, 1.165) is 27.3 Å². The first-order valence-electron chi connectivity index (χ1n) is 19.9. The van der Waals surface area contributed by atoms with Crippen molar-refractivity contribution in [3.05, 3.63) is 36.0 Å². The maximum Gasteiger partial charge on any atom is 0.305 e. The molecule has 3 saturated heterocycles. The van der Waals surface area contributed by atoms with Crippen LogP contribution in [0.2, 0.25) is 0 Å². The number of nitrogens with two attached hydrogens (primary N) is 1. The summed E-state index contributed by atoms with van der Waals surface area (Å²) in [7, 11) is 2.36. The molecule has 1 aromatic carbocycles. The van der Waals surface area contributed by atoms with Crippen LogP contribution in [0.15, 0.2) is 30.5 Å². The Labute approximate surface area is 358 Å². The topological polar surface area (TPSA) is 312 Å². The predicted octanol–water partition coefficient (Wildman–Crippen LogP) is -2.41. The summed E-state index contributed by atoms with van der Waals surface area (Å²) in [4.78, 5) is 122. The number of carboxylic acids is 1. The molecule has 6 atom stereocenters. The molecule has 5 rings (SSSR count). The predicted molar refractivity (Wildman–Crippen MR) is 223 cm³/mol. The van der Waals surface area contributed by atoms with Crippen LogP contribution in [-0.4, -0.2) is 149 Å². The summed E-state index contributed by atoms with van der Waals surface area (Å²) >= 11 is 0. The standard InChI is InChI=1S/C38H52N10O11S2/c1-20-38(58)48-17-23(59-18-22-14-41-25-5-3-2-4-24(22)25)12-29(48)37(57)47-28(33(39)53)19-61-60-11-8-30(49)46-27(15-42-34(54)21-6-9-40-10-7-21)35(55)43-16-31(50)45-26(13-32(51)52)36(56)44-20/h2-5,14,20-21,23,26-29,40-41H,6-13,15-19H2,1H3,(H2,39,53)(H,42,54)(H,43,55)(H,44,56)(H,45,50)(H,46,49)(H,47,57)(H,51,52). The van der Waals surface area contributed by atoms with E-state index < -0.39 is 96.6 Å². The molecule has 11 N–H and O–H groups in total. The van der Waals surface area contributed by atoms with Gasteiger partial charge in [0, 0.05) is 66.0 Å². The monoisotopic (exact) mass is 888 g/mol. The Morgan fingerprint density at radius 1 is 0.934 bits per heavy atom. The Hall–Kier alpha value is -5.39. The summed E-state index contributed by atoms with van der Waals surface area (Å²) in [5.74, 6) is -7.52. The van der Waals surface area contributed by atoms with Gasteiger partial charge in [0.05, 0.1) is 25.7 Å². The third-order valence-corrected chi connectivity index (χ3v) is 12.8. The summed E-state index contributed by atoms with van der Waals surface area (Å²) in [6.45, 7) is 1.65. The Morgan fingerprint density at radius 2 is 1.67 bits per heavy atom. The van der Waals surface area contributed by atoms with Gasteiger partial charge in [0.2, 0.25) is 47.3 Å². The van der Waals surface area contributed by atoms with Crippen LogP contribution < -0.4 is 43.0 Å². The zero-order chi connectivity index (χ0) is 44.1. The highest BCUT2D eigenvalue weighted by Gasteiger charge is 2.43. The molecular formula is C38H52N10O11S2. The number of piperidine rings is 1. The Kier molecular flexibility index (Phi) is 17.2. The number of aliphatic carboxylic acids is 1. The molecule has 2 aromatic rings. The zero-order valence-corrected chi connectivity index (χ0v) is 35.1. The minimum absolute atomic E-state index is 0.000716. The largest absolute Gasteiger partial charge is 0.481 e. The number of hydrogen-bond acceptors (Lipinski definition) is 13. The van der Waals surface area contributed by atoms with Crippen molar-refractivity contribution in [3.8, 4) is 0 Å². The summed E-state index contributed by atoms with van der Waals surface area (Å²) < 4.78 is 6.19. The van der Waals surface area contributed by atoms with Crippen molar-refractivity contribution < 1.29 is 53.0 Å². The van der Waals surface area contributed by atoms with E-state index in [1.165, 1.54) is 22.6 Å². The van der Waals surface area contributed by atoms with Gasteiger partial charge in [-0.15, -0.1) is 0 Å². The number of nitrogens with one attached hydrogen (secondary N) is 8. The van der Waals surface area contributed by atoms with Gasteiger partial charge in [-0.05, 0) is 38.9 Å². The van der Waals surface area contributed by atoms with Gasteiger partial charge in [0.1, 0.15) is 30.2 Å². The lowest BCUT2D eigenvalue weighted by Gasteiger charge is -2.28. The molecule has 3 aliphatic heterocycles. The second-order valence-electron chi connectivity index (χ2n) is 14.9. The molecule has 332 valence electrons. The average molecular weight is 889 g/mol. The van der Waals surface area contributed by atoms with Crippen molar-refractivity contribution in [1.29, 1.82) is 0 Å². The quantitative estimate of drug-likeness (QED) is 0.117. The molecule has 6 unspecified atom stereocenters. The van der Waals surface area contributed by atoms with Crippen molar-refractivity contribution >= 4 is 85.7 Å². The molecule has 0 spiro atoms. The van der Waals surface area contributed by atoms with Crippen LogP contribution in [0.3, 0.4) is 0 Å². The minimum Gasteiger partial charge on any atom is -0.481 e. The number of carboxylic acid groups (broad SMARTS) is 1. The van der Waals surface area contributed by atoms with Gasteiger partial charge in [-0.1, -0.05) is 39.8 Å². The number of nitrogens with zero attached hydrogens (tertiary/aromatic N) is 1. The number of aromatic nitrogens is 1. The SMILES string of the molecule is CC1NC(=O)C(CC(=O)O)NC(=O)CNC(=O)C(CNC(=O)C2CCNCC2)NC(=O)CCSSCC(C(N)=O)NC(=O)C2CC(OCc3c[nH]c4ccccc34)CN2C1=O. The fraction of sp³-hybridized carbons (Fsp3) is 0.553. The van der Waals surface area contributed by atoms with Crippen LogP contribution in [0.5, 0.6) is 0 Å². The molecule has 0 aliphatic carbocycles. The number of ether oxygens (including phenoxy) is 1. The highest BCUT2D eigenvalue weighted by Crippen LogP contribution is 2.27. The molecule has 23 heteroatoms. The van der Waals surface area contributed by atoms with E-state index in [2.05, 4.69) is 42.2 Å². The van der Waals surface area contributed by atoms with Crippen LogP contribution >= 0.6 is 21.6 Å². The first-order chi connectivity index (χ1) is 29.2. The molecular weight excluding hydrogens is 837 g/mol.